The fourth-order valence-corrected chi connectivity index (χ4v) is 2.90. The summed E-state index contributed by atoms with van der Waals surface area (Å²) in [4.78, 5) is 19.3. The molecule has 136 valence electrons. The van der Waals surface area contributed by atoms with Gasteiger partial charge in [-0.1, -0.05) is 42.4 Å². The highest BCUT2D eigenvalue weighted by atomic mass is 19.1. The highest BCUT2D eigenvalue weighted by Gasteiger charge is 2.26. The van der Waals surface area contributed by atoms with Crippen molar-refractivity contribution in [2.24, 2.45) is 5.16 Å². The van der Waals surface area contributed by atoms with Crippen LogP contribution in [0.5, 0.6) is 0 Å². The Morgan fingerprint density at radius 1 is 1.19 bits per heavy atom. The van der Waals surface area contributed by atoms with E-state index in [4.69, 9.17) is 4.84 Å². The fourth-order valence-electron chi connectivity index (χ4n) is 2.90. The van der Waals surface area contributed by atoms with Crippen LogP contribution in [0.1, 0.15) is 30.9 Å². The molecule has 0 saturated carbocycles. The van der Waals surface area contributed by atoms with E-state index < -0.39 is 0 Å². The molecule has 2 aromatic carbocycles. The van der Waals surface area contributed by atoms with E-state index in [-0.39, 0.29) is 30.2 Å². The number of oxime groups is 1. The van der Waals surface area contributed by atoms with Gasteiger partial charge in [0.05, 0.1) is 12.3 Å². The van der Waals surface area contributed by atoms with Gasteiger partial charge in [0.1, 0.15) is 11.6 Å². The molecule has 0 N–H and O–H groups in total. The van der Waals surface area contributed by atoms with Crippen molar-refractivity contribution in [3.8, 4) is 0 Å². The lowest BCUT2D eigenvalue weighted by atomic mass is 10.0. The number of rotatable bonds is 6. The molecule has 0 saturated heterocycles. The van der Waals surface area contributed by atoms with E-state index in [1.807, 2.05) is 0 Å². The molecule has 0 aliphatic carbocycles. The average molecular weight is 358 g/mol. The number of carbonyl (C=O) groups excluding carboxylic acids is 1. The molecule has 1 aliphatic heterocycles. The lowest BCUT2D eigenvalue weighted by Gasteiger charge is -2.24. The van der Waals surface area contributed by atoms with Crippen LogP contribution in [0.2, 0.25) is 0 Å². The largest absolute Gasteiger partial charge is 0.390 e. The second-order valence-corrected chi connectivity index (χ2v) is 6.20. The van der Waals surface area contributed by atoms with Crippen LogP contribution in [-0.4, -0.2) is 29.2 Å². The summed E-state index contributed by atoms with van der Waals surface area (Å²) < 4.78 is 27.0. The number of hydrogen-bond acceptors (Lipinski definition) is 3. The second-order valence-electron chi connectivity index (χ2n) is 6.20. The zero-order chi connectivity index (χ0) is 18.5. The Bertz CT molecular complexity index is 806. The van der Waals surface area contributed by atoms with Crippen molar-refractivity contribution < 1.29 is 18.4 Å². The van der Waals surface area contributed by atoms with E-state index in [1.165, 1.54) is 18.2 Å². The Morgan fingerprint density at radius 2 is 1.92 bits per heavy atom. The van der Waals surface area contributed by atoms with Crippen molar-refractivity contribution in [1.29, 1.82) is 0 Å². The van der Waals surface area contributed by atoms with Crippen LogP contribution in [0.3, 0.4) is 0 Å². The van der Waals surface area contributed by atoms with E-state index in [9.17, 15) is 13.6 Å². The van der Waals surface area contributed by atoms with Gasteiger partial charge in [-0.15, -0.1) is 0 Å². The second kappa shape index (κ2) is 8.08. The van der Waals surface area contributed by atoms with Crippen molar-refractivity contribution in [1.82, 2.24) is 4.90 Å². The zero-order valence-corrected chi connectivity index (χ0v) is 14.5. The third kappa shape index (κ3) is 4.25. The first kappa shape index (κ1) is 18.0. The highest BCUT2D eigenvalue weighted by Crippen LogP contribution is 2.20. The third-order valence-corrected chi connectivity index (χ3v) is 4.31. The minimum atomic E-state index is -0.336. The number of amides is 1. The van der Waals surface area contributed by atoms with Crippen molar-refractivity contribution >= 4 is 11.6 Å². The van der Waals surface area contributed by atoms with E-state index in [0.717, 1.165) is 5.56 Å². The molecule has 0 radical (unpaired) electrons. The maximum atomic E-state index is 13.9. The van der Waals surface area contributed by atoms with Gasteiger partial charge in [-0.05, 0) is 23.8 Å². The fraction of sp³-hybridized carbons (Fsp3) is 0.300. The van der Waals surface area contributed by atoms with E-state index in [0.29, 0.717) is 30.7 Å². The molecule has 0 spiro atoms. The topological polar surface area (TPSA) is 41.9 Å². The first-order valence-corrected chi connectivity index (χ1v) is 8.56. The van der Waals surface area contributed by atoms with Gasteiger partial charge in [-0.2, -0.15) is 0 Å². The average Bonchev–Trinajstić information content (AvgIpc) is 3.11. The highest BCUT2D eigenvalue weighted by molar-refractivity contribution is 6.01. The van der Waals surface area contributed by atoms with Gasteiger partial charge < -0.3 is 9.74 Å². The molecule has 2 aromatic rings. The first-order chi connectivity index (χ1) is 12.6. The Hall–Kier alpha value is -2.76. The summed E-state index contributed by atoms with van der Waals surface area (Å²) in [7, 11) is 0. The number of benzene rings is 2. The van der Waals surface area contributed by atoms with Crippen LogP contribution in [0, 0.1) is 11.6 Å². The van der Waals surface area contributed by atoms with Crippen LogP contribution >= 0.6 is 0 Å². The summed E-state index contributed by atoms with van der Waals surface area (Å²) in [6.45, 7) is 2.27. The van der Waals surface area contributed by atoms with Crippen LogP contribution in [0.4, 0.5) is 8.78 Å². The van der Waals surface area contributed by atoms with E-state index >= 15 is 0 Å². The van der Waals surface area contributed by atoms with Gasteiger partial charge in [-0.25, -0.2) is 8.78 Å². The zero-order valence-electron chi connectivity index (χ0n) is 14.5. The molecule has 1 atom stereocenters. The van der Waals surface area contributed by atoms with Crippen molar-refractivity contribution in [3.05, 3.63) is 71.3 Å². The van der Waals surface area contributed by atoms with Crippen LogP contribution in [0.25, 0.3) is 0 Å². The number of carbonyl (C=O) groups is 1. The maximum absolute atomic E-state index is 13.9. The molecule has 0 unspecified atom stereocenters. The summed E-state index contributed by atoms with van der Waals surface area (Å²) in [6, 6.07) is 12.4. The molecule has 0 bridgehead atoms. The van der Waals surface area contributed by atoms with Crippen molar-refractivity contribution in [2.45, 2.75) is 32.4 Å². The normalized spacial score (nSPS) is 16.1. The smallest absolute Gasteiger partial charge is 0.222 e. The van der Waals surface area contributed by atoms with E-state index in [2.05, 4.69) is 5.16 Å². The minimum absolute atomic E-state index is 0.0768. The number of nitrogens with zero attached hydrogens (tertiary/aromatic N) is 2. The van der Waals surface area contributed by atoms with Gasteiger partial charge in [0.2, 0.25) is 5.91 Å². The lowest BCUT2D eigenvalue weighted by Crippen LogP contribution is -2.37. The molecule has 0 aromatic heterocycles. The molecule has 26 heavy (non-hydrogen) atoms. The molecule has 0 fully saturated rings. The summed E-state index contributed by atoms with van der Waals surface area (Å²) in [5, 5.41) is 4.06. The van der Waals surface area contributed by atoms with Crippen LogP contribution in [-0.2, 0) is 16.2 Å². The van der Waals surface area contributed by atoms with E-state index in [1.54, 1.807) is 42.2 Å². The third-order valence-electron chi connectivity index (χ3n) is 4.31. The summed E-state index contributed by atoms with van der Waals surface area (Å²) >= 11 is 0. The molecular weight excluding hydrogens is 338 g/mol. The molecule has 4 nitrogen and oxygen atoms in total. The van der Waals surface area contributed by atoms with Gasteiger partial charge in [0.15, 0.2) is 6.10 Å². The molecular formula is C20H20F2N2O2. The Kier molecular flexibility index (Phi) is 5.61. The molecule has 1 heterocycles. The Labute approximate surface area is 151 Å². The maximum Gasteiger partial charge on any atom is 0.222 e. The van der Waals surface area contributed by atoms with Gasteiger partial charge in [0, 0.05) is 24.9 Å². The number of halogens is 2. The van der Waals surface area contributed by atoms with Gasteiger partial charge >= 0.3 is 0 Å². The van der Waals surface area contributed by atoms with Gasteiger partial charge in [0.25, 0.3) is 0 Å². The quantitative estimate of drug-likeness (QED) is 0.786. The van der Waals surface area contributed by atoms with Crippen molar-refractivity contribution in [3.63, 3.8) is 0 Å². The van der Waals surface area contributed by atoms with Gasteiger partial charge in [-0.3, -0.25) is 4.79 Å². The first-order valence-electron chi connectivity index (χ1n) is 8.56. The summed E-state index contributed by atoms with van der Waals surface area (Å²) in [5.74, 6) is -0.724. The minimum Gasteiger partial charge on any atom is -0.390 e. The standard InChI is InChI=1S/C20H20F2N2O2/c1-2-20(25)24(12-15-5-3-4-6-18(15)22)13-17-11-19(23-26-17)14-7-9-16(21)10-8-14/h3-10,17H,2,11-13H2,1H3/t17-/m1/s1. The molecule has 6 heteroatoms. The summed E-state index contributed by atoms with van der Waals surface area (Å²) in [5.41, 5.74) is 1.97. The van der Waals surface area contributed by atoms with Crippen LogP contribution in [0.15, 0.2) is 53.7 Å². The van der Waals surface area contributed by atoms with Crippen molar-refractivity contribution in [2.75, 3.05) is 6.54 Å². The Balaban J connectivity index is 1.66. The molecule has 1 amide bonds. The van der Waals surface area contributed by atoms with Crippen LogP contribution < -0.4 is 0 Å². The SMILES string of the molecule is CCC(=O)N(Cc1ccccc1F)C[C@H]1CC(c2ccc(F)cc2)=NO1. The Morgan fingerprint density at radius 3 is 2.62 bits per heavy atom. The summed E-state index contributed by atoms with van der Waals surface area (Å²) in [6.07, 6.45) is 0.529. The lowest BCUT2D eigenvalue weighted by molar-refractivity contribution is -0.133. The molecule has 1 aliphatic rings. The predicted molar refractivity (Wildman–Crippen MR) is 94.5 cm³/mol. The predicted octanol–water partition coefficient (Wildman–Crippen LogP) is 3.90. The molecule has 3 rings (SSSR count). The number of hydrogen-bond donors (Lipinski definition) is 0. The monoisotopic (exact) mass is 358 g/mol.